The van der Waals surface area contributed by atoms with E-state index in [-0.39, 0.29) is 17.6 Å². The molecule has 1 aliphatic rings. The number of sulfone groups is 1. The molecule has 254 valence electrons. The van der Waals surface area contributed by atoms with Gasteiger partial charge in [0.15, 0.2) is 0 Å². The molecule has 0 aromatic heterocycles. The van der Waals surface area contributed by atoms with Gasteiger partial charge in [-0.05, 0) is 96.7 Å². The minimum Gasteiger partial charge on any atom is -0.398 e. The van der Waals surface area contributed by atoms with Crippen molar-refractivity contribution in [2.24, 2.45) is 0 Å². The standard InChI is InChI=1S/C33H32Cl2F2N4O5S2/c1-21-18-40(19-22(2)41(21)20-25-5-3-4-6-29(25)23-7-11-26(34)12-8-23)27-13-9-24(10-14-27)32(42)39-48(45,46)28-15-16-30(38)31(17-28)47(43,44)33(35,36)37/h3-17,21-22H,18-20,38H2,1-2H3,(H,39,42)/t21-,22+. The molecule has 0 radical (unpaired) electrons. The Hall–Kier alpha value is -3.75. The van der Waals surface area contributed by atoms with E-state index in [1.165, 1.54) is 17.7 Å². The van der Waals surface area contributed by atoms with Crippen molar-refractivity contribution in [1.29, 1.82) is 0 Å². The lowest BCUT2D eigenvalue weighted by atomic mass is 9.97. The third kappa shape index (κ3) is 7.45. The average molecular weight is 738 g/mol. The number of benzene rings is 4. The summed E-state index contributed by atoms with van der Waals surface area (Å²) in [7, 11) is -10.2. The smallest absolute Gasteiger partial charge is 0.398 e. The molecule has 0 bridgehead atoms. The van der Waals surface area contributed by atoms with Gasteiger partial charge in [-0.1, -0.05) is 48.0 Å². The molecule has 2 atom stereocenters. The predicted molar refractivity (Wildman–Crippen MR) is 184 cm³/mol. The quantitative estimate of drug-likeness (QED) is 0.150. The van der Waals surface area contributed by atoms with E-state index in [9.17, 15) is 30.4 Å². The number of piperazine rings is 1. The number of alkyl halides is 3. The first kappa shape index (κ1) is 35.6. The van der Waals surface area contributed by atoms with Gasteiger partial charge < -0.3 is 10.6 Å². The summed E-state index contributed by atoms with van der Waals surface area (Å²) >= 11 is 10.8. The molecule has 0 spiro atoms. The summed E-state index contributed by atoms with van der Waals surface area (Å²) in [6.45, 7) is 6.47. The average Bonchev–Trinajstić information content (AvgIpc) is 3.02. The Kier molecular flexibility index (Phi) is 10.1. The number of hydrogen-bond donors (Lipinski definition) is 2. The number of amides is 1. The van der Waals surface area contributed by atoms with Crippen molar-refractivity contribution in [2.45, 2.75) is 47.0 Å². The topological polar surface area (TPSA) is 130 Å². The van der Waals surface area contributed by atoms with Crippen LogP contribution in [0.15, 0.2) is 101 Å². The van der Waals surface area contributed by atoms with Crippen LogP contribution in [0.5, 0.6) is 0 Å². The van der Waals surface area contributed by atoms with Gasteiger partial charge in [-0.2, -0.15) is 8.78 Å². The minimum atomic E-state index is -5.51. The molecule has 3 N–H and O–H groups in total. The van der Waals surface area contributed by atoms with Crippen LogP contribution in [0.3, 0.4) is 0 Å². The lowest BCUT2D eigenvalue weighted by Gasteiger charge is -2.45. The van der Waals surface area contributed by atoms with Crippen LogP contribution in [-0.4, -0.2) is 57.5 Å². The molecule has 4 aromatic carbocycles. The third-order valence-electron chi connectivity index (χ3n) is 8.24. The summed E-state index contributed by atoms with van der Waals surface area (Å²) in [4.78, 5) is 15.6. The third-order valence-corrected chi connectivity index (χ3v) is 12.0. The van der Waals surface area contributed by atoms with Crippen LogP contribution in [0.1, 0.15) is 29.8 Å². The molecular formula is C33H32Cl2F2N4O5S2. The summed E-state index contributed by atoms with van der Waals surface area (Å²) in [5, 5.41) is 0.680. The Morgan fingerprint density at radius 1 is 0.917 bits per heavy atom. The van der Waals surface area contributed by atoms with Crippen LogP contribution in [0.4, 0.5) is 20.2 Å². The van der Waals surface area contributed by atoms with Crippen molar-refractivity contribution < 1.29 is 30.4 Å². The zero-order valence-electron chi connectivity index (χ0n) is 25.8. The Morgan fingerprint density at radius 2 is 1.52 bits per heavy atom. The number of carbonyl (C=O) groups is 1. The second-order valence-electron chi connectivity index (χ2n) is 11.6. The fourth-order valence-electron chi connectivity index (χ4n) is 5.75. The summed E-state index contributed by atoms with van der Waals surface area (Å²) in [6, 6.07) is 24.9. The Bertz CT molecular complexity index is 2030. The molecule has 1 saturated heterocycles. The number of nitrogen functional groups attached to an aromatic ring is 1. The zero-order valence-corrected chi connectivity index (χ0v) is 28.9. The van der Waals surface area contributed by atoms with Gasteiger partial charge in [0.1, 0.15) is 0 Å². The summed E-state index contributed by atoms with van der Waals surface area (Å²) in [6.07, 6.45) is 0. The highest BCUT2D eigenvalue weighted by Gasteiger charge is 2.45. The van der Waals surface area contributed by atoms with E-state index >= 15 is 0 Å². The molecule has 48 heavy (non-hydrogen) atoms. The number of carbonyl (C=O) groups excluding carboxylic acids is 1. The van der Waals surface area contributed by atoms with Crippen LogP contribution in [0.2, 0.25) is 5.02 Å². The molecule has 0 aliphatic carbocycles. The van der Waals surface area contributed by atoms with Crippen molar-refractivity contribution in [1.82, 2.24) is 9.62 Å². The number of nitrogens with two attached hydrogens (primary N) is 1. The maximum absolute atomic E-state index is 13.5. The molecule has 9 nitrogen and oxygen atoms in total. The molecule has 1 fully saturated rings. The summed E-state index contributed by atoms with van der Waals surface area (Å²) in [5.74, 6) is -1.00. The Balaban J connectivity index is 1.26. The lowest BCUT2D eigenvalue weighted by molar-refractivity contribution is 0.0981. The highest BCUT2D eigenvalue weighted by Crippen LogP contribution is 2.36. The van der Waals surface area contributed by atoms with Crippen LogP contribution >= 0.6 is 23.2 Å². The van der Waals surface area contributed by atoms with Crippen LogP contribution in [0.25, 0.3) is 11.1 Å². The van der Waals surface area contributed by atoms with E-state index < -0.39 is 46.0 Å². The van der Waals surface area contributed by atoms with Crippen molar-refractivity contribution in [2.75, 3.05) is 23.7 Å². The van der Waals surface area contributed by atoms with Crippen molar-refractivity contribution >= 4 is 60.3 Å². The number of sulfonamides is 1. The molecule has 5 rings (SSSR count). The first-order valence-corrected chi connectivity index (χ1v) is 18.4. The van der Waals surface area contributed by atoms with Crippen molar-refractivity contribution in [3.8, 4) is 11.1 Å². The van der Waals surface area contributed by atoms with Gasteiger partial charge in [-0.15, -0.1) is 0 Å². The second kappa shape index (κ2) is 13.6. The lowest BCUT2D eigenvalue weighted by Crippen LogP contribution is -2.56. The fraction of sp³-hybridized carbons (Fsp3) is 0.242. The molecule has 4 aromatic rings. The SMILES string of the molecule is C[C@@H]1CN(c2ccc(C(=O)NS(=O)(=O)c3ccc(N)c(S(=O)(=O)C(F)(F)Cl)c3)cc2)C[C@H](C)N1Cc1ccccc1-c1ccc(Cl)cc1. The zero-order chi connectivity index (χ0) is 35.0. The number of nitrogens with one attached hydrogen (secondary N) is 1. The van der Waals surface area contributed by atoms with E-state index in [4.69, 9.17) is 28.9 Å². The van der Waals surface area contributed by atoms with E-state index in [0.717, 1.165) is 35.5 Å². The van der Waals surface area contributed by atoms with Crippen molar-refractivity contribution in [3.05, 3.63) is 107 Å². The number of hydrogen-bond acceptors (Lipinski definition) is 8. The van der Waals surface area contributed by atoms with E-state index in [1.54, 1.807) is 12.1 Å². The first-order valence-electron chi connectivity index (χ1n) is 14.7. The van der Waals surface area contributed by atoms with E-state index in [0.29, 0.717) is 24.2 Å². The minimum absolute atomic E-state index is 0.0106. The fourth-order valence-corrected chi connectivity index (χ4v) is 8.11. The van der Waals surface area contributed by atoms with Crippen LogP contribution in [0, 0.1) is 0 Å². The summed E-state index contributed by atoms with van der Waals surface area (Å²) < 4.78 is 74.2. The van der Waals surface area contributed by atoms with Crippen molar-refractivity contribution in [3.63, 3.8) is 0 Å². The molecule has 0 unspecified atom stereocenters. The van der Waals surface area contributed by atoms with Crippen LogP contribution < -0.4 is 15.4 Å². The van der Waals surface area contributed by atoms with E-state index in [2.05, 4.69) is 35.8 Å². The predicted octanol–water partition coefficient (Wildman–Crippen LogP) is 6.37. The van der Waals surface area contributed by atoms with Gasteiger partial charge in [0.25, 0.3) is 25.8 Å². The maximum Gasteiger partial charge on any atom is 0.427 e. The van der Waals surface area contributed by atoms with Gasteiger partial charge in [0.2, 0.25) is 0 Å². The van der Waals surface area contributed by atoms with Gasteiger partial charge in [-0.3, -0.25) is 9.69 Å². The van der Waals surface area contributed by atoms with Crippen LogP contribution in [-0.2, 0) is 26.4 Å². The largest absolute Gasteiger partial charge is 0.427 e. The molecule has 15 heteroatoms. The normalized spacial score (nSPS) is 17.7. The van der Waals surface area contributed by atoms with Gasteiger partial charge in [0, 0.05) is 48.0 Å². The second-order valence-corrected chi connectivity index (χ2v) is 16.3. The number of halogens is 4. The Labute approximate surface area is 288 Å². The van der Waals surface area contributed by atoms with Gasteiger partial charge >= 0.3 is 4.71 Å². The maximum atomic E-state index is 13.5. The van der Waals surface area contributed by atoms with Gasteiger partial charge in [0.05, 0.1) is 15.5 Å². The summed E-state index contributed by atoms with van der Waals surface area (Å²) in [5.41, 5.74) is 9.16. The molecule has 0 saturated carbocycles. The molecule has 1 aliphatic heterocycles. The molecular weight excluding hydrogens is 705 g/mol. The highest BCUT2D eigenvalue weighted by molar-refractivity contribution is 7.94. The first-order chi connectivity index (χ1) is 22.5. The number of anilines is 2. The Morgan fingerprint density at radius 3 is 2.12 bits per heavy atom. The van der Waals surface area contributed by atoms with Gasteiger partial charge in [-0.25, -0.2) is 21.6 Å². The monoisotopic (exact) mass is 736 g/mol. The molecule has 1 amide bonds. The molecule has 1 heterocycles. The number of nitrogens with zero attached hydrogens (tertiary/aromatic N) is 2. The highest BCUT2D eigenvalue weighted by atomic mass is 35.5. The van der Waals surface area contributed by atoms with E-state index in [1.807, 2.05) is 41.1 Å². The number of rotatable bonds is 9.